The van der Waals surface area contributed by atoms with E-state index in [-0.39, 0.29) is 23.4 Å². The number of nitrogens with zero attached hydrogens (tertiary/aromatic N) is 2. The zero-order chi connectivity index (χ0) is 21.8. The predicted molar refractivity (Wildman–Crippen MR) is 125 cm³/mol. The number of thiocarbonyl (C=S) groups is 1. The monoisotopic (exact) mass is 420 g/mol. The van der Waals surface area contributed by atoms with Crippen LogP contribution in [0, 0.1) is 19.3 Å². The first-order valence-corrected chi connectivity index (χ1v) is 11.5. The molecule has 2 rings (SSSR count). The standard InChI is InChI=1S/C23H40N4OS/c1-8-26(9-2)21(28)20(23(5,6)7)25-22(29)24-18-12-10-11-13-19(18)27-16(3)14-15-17(27)4/h14-15,18-20H,8-13H2,1-7H3,(H2,24,25,29)/t18-,19-,20-/m1/s1. The second kappa shape index (κ2) is 9.96. The van der Waals surface area contributed by atoms with Gasteiger partial charge in [0.15, 0.2) is 5.11 Å². The lowest BCUT2D eigenvalue weighted by Gasteiger charge is -2.38. The highest BCUT2D eigenvalue weighted by molar-refractivity contribution is 7.80. The maximum Gasteiger partial charge on any atom is 0.245 e. The molecule has 2 N–H and O–H groups in total. The molecule has 1 saturated carbocycles. The second-order valence-corrected chi connectivity index (χ2v) is 9.78. The van der Waals surface area contributed by atoms with Gasteiger partial charge in [-0.25, -0.2) is 0 Å². The zero-order valence-electron chi connectivity index (χ0n) is 19.3. The Morgan fingerprint density at radius 1 is 1.17 bits per heavy atom. The molecule has 1 aromatic heterocycles. The Morgan fingerprint density at radius 3 is 2.24 bits per heavy atom. The van der Waals surface area contributed by atoms with E-state index in [1.165, 1.54) is 24.2 Å². The van der Waals surface area contributed by atoms with Crippen LogP contribution >= 0.6 is 12.2 Å². The van der Waals surface area contributed by atoms with Crippen molar-refractivity contribution in [3.63, 3.8) is 0 Å². The van der Waals surface area contributed by atoms with E-state index in [2.05, 4.69) is 62.0 Å². The topological polar surface area (TPSA) is 49.3 Å². The van der Waals surface area contributed by atoms with Gasteiger partial charge in [-0.05, 0) is 70.3 Å². The lowest BCUT2D eigenvalue weighted by Crippen LogP contribution is -2.58. The molecule has 3 atom stereocenters. The van der Waals surface area contributed by atoms with Gasteiger partial charge in [-0.3, -0.25) is 4.79 Å². The number of hydrogen-bond acceptors (Lipinski definition) is 2. The summed E-state index contributed by atoms with van der Waals surface area (Å²) in [4.78, 5) is 15.0. The minimum absolute atomic E-state index is 0.115. The molecule has 1 fully saturated rings. The van der Waals surface area contributed by atoms with Gasteiger partial charge >= 0.3 is 0 Å². The summed E-state index contributed by atoms with van der Waals surface area (Å²) in [6, 6.07) is 4.70. The highest BCUT2D eigenvalue weighted by Gasteiger charge is 2.35. The Kier molecular flexibility index (Phi) is 8.15. The normalized spacial score (nSPS) is 20.8. The summed E-state index contributed by atoms with van der Waals surface area (Å²) in [6.45, 7) is 16.1. The summed E-state index contributed by atoms with van der Waals surface area (Å²) >= 11 is 5.70. The molecule has 1 heterocycles. The Bertz CT molecular complexity index is 683. The van der Waals surface area contributed by atoms with Gasteiger partial charge < -0.3 is 20.1 Å². The van der Waals surface area contributed by atoms with E-state index in [1.807, 2.05) is 18.7 Å². The first-order chi connectivity index (χ1) is 13.6. The number of carbonyl (C=O) groups is 1. The number of aromatic nitrogens is 1. The number of likely N-dealkylation sites (N-methyl/N-ethyl adjacent to an activating group) is 1. The third-order valence-electron chi connectivity index (χ3n) is 6.17. The van der Waals surface area contributed by atoms with Crippen LogP contribution in [0.25, 0.3) is 0 Å². The second-order valence-electron chi connectivity index (χ2n) is 9.37. The molecule has 0 bridgehead atoms. The molecular weight excluding hydrogens is 380 g/mol. The Hall–Kier alpha value is -1.56. The third-order valence-corrected chi connectivity index (χ3v) is 6.40. The molecular formula is C23H40N4OS. The minimum atomic E-state index is -0.348. The van der Waals surface area contributed by atoms with Crippen LogP contribution in [0.15, 0.2) is 12.1 Å². The van der Waals surface area contributed by atoms with Crippen molar-refractivity contribution in [2.75, 3.05) is 13.1 Å². The highest BCUT2D eigenvalue weighted by Crippen LogP contribution is 2.31. The molecule has 0 aliphatic heterocycles. The van der Waals surface area contributed by atoms with Crippen molar-refractivity contribution in [3.8, 4) is 0 Å². The summed E-state index contributed by atoms with van der Waals surface area (Å²) < 4.78 is 2.45. The van der Waals surface area contributed by atoms with E-state index in [1.54, 1.807) is 0 Å². The van der Waals surface area contributed by atoms with E-state index >= 15 is 0 Å². The van der Waals surface area contributed by atoms with Crippen molar-refractivity contribution in [3.05, 3.63) is 23.5 Å². The summed E-state index contributed by atoms with van der Waals surface area (Å²) in [6.07, 6.45) is 4.69. The fourth-order valence-electron chi connectivity index (χ4n) is 4.50. The van der Waals surface area contributed by atoms with Crippen molar-refractivity contribution in [1.29, 1.82) is 0 Å². The fourth-order valence-corrected chi connectivity index (χ4v) is 4.77. The number of nitrogens with one attached hydrogen (secondary N) is 2. The van der Waals surface area contributed by atoms with Crippen LogP contribution in [0.2, 0.25) is 0 Å². The van der Waals surface area contributed by atoms with Crippen molar-refractivity contribution < 1.29 is 4.79 Å². The van der Waals surface area contributed by atoms with E-state index in [4.69, 9.17) is 12.2 Å². The van der Waals surface area contributed by atoms with E-state index in [9.17, 15) is 4.79 Å². The predicted octanol–water partition coefficient (Wildman–Crippen LogP) is 4.34. The van der Waals surface area contributed by atoms with Crippen molar-refractivity contribution >= 4 is 23.2 Å². The molecule has 0 saturated heterocycles. The van der Waals surface area contributed by atoms with Crippen LogP contribution in [-0.4, -0.2) is 45.7 Å². The number of aryl methyl sites for hydroxylation is 2. The molecule has 0 radical (unpaired) electrons. The maximum absolute atomic E-state index is 13.1. The molecule has 0 aromatic carbocycles. The van der Waals surface area contributed by atoms with E-state index < -0.39 is 0 Å². The summed E-state index contributed by atoms with van der Waals surface area (Å²) in [7, 11) is 0. The van der Waals surface area contributed by atoms with Gasteiger partial charge in [0.1, 0.15) is 6.04 Å². The molecule has 1 aromatic rings. The van der Waals surface area contributed by atoms with Crippen molar-refractivity contribution in [2.24, 2.45) is 5.41 Å². The first kappa shape index (κ1) is 23.7. The highest BCUT2D eigenvalue weighted by atomic mass is 32.1. The van der Waals surface area contributed by atoms with E-state index in [0.29, 0.717) is 24.2 Å². The van der Waals surface area contributed by atoms with E-state index in [0.717, 1.165) is 12.8 Å². The average molecular weight is 421 g/mol. The summed E-state index contributed by atoms with van der Waals surface area (Å²) in [5.41, 5.74) is 2.36. The Balaban J connectivity index is 2.14. The molecule has 29 heavy (non-hydrogen) atoms. The van der Waals surface area contributed by atoms with Crippen molar-refractivity contribution in [1.82, 2.24) is 20.1 Å². The number of carbonyl (C=O) groups excluding carboxylic acids is 1. The van der Waals surface area contributed by atoms with Gasteiger partial charge in [0.25, 0.3) is 0 Å². The lowest BCUT2D eigenvalue weighted by molar-refractivity contribution is -0.135. The molecule has 0 spiro atoms. The molecule has 6 heteroatoms. The van der Waals surface area contributed by atoms with Gasteiger partial charge in [0.2, 0.25) is 5.91 Å². The number of rotatable bonds is 6. The Labute approximate surface area is 182 Å². The molecule has 0 unspecified atom stereocenters. The minimum Gasteiger partial charge on any atom is -0.358 e. The van der Waals surface area contributed by atoms with Gasteiger partial charge in [-0.2, -0.15) is 0 Å². The van der Waals surface area contributed by atoms with Crippen LogP contribution in [0.5, 0.6) is 0 Å². The van der Waals surface area contributed by atoms with Gasteiger partial charge in [0, 0.05) is 30.5 Å². The smallest absolute Gasteiger partial charge is 0.245 e. The van der Waals surface area contributed by atoms with Crippen LogP contribution in [0.1, 0.15) is 77.7 Å². The summed E-state index contributed by atoms with van der Waals surface area (Å²) in [5.74, 6) is 0.115. The van der Waals surface area contributed by atoms with Crippen LogP contribution < -0.4 is 10.6 Å². The number of hydrogen-bond donors (Lipinski definition) is 2. The largest absolute Gasteiger partial charge is 0.358 e. The Morgan fingerprint density at radius 2 is 1.72 bits per heavy atom. The van der Waals surface area contributed by atoms with Gasteiger partial charge in [-0.1, -0.05) is 33.6 Å². The SMILES string of the molecule is CCN(CC)C(=O)[C@@H](NC(=S)N[C@@H]1CCCC[C@H]1n1c(C)ccc1C)C(C)(C)C. The number of amides is 1. The lowest BCUT2D eigenvalue weighted by atomic mass is 9.85. The molecule has 164 valence electrons. The van der Waals surface area contributed by atoms with Crippen LogP contribution in [-0.2, 0) is 4.79 Å². The zero-order valence-corrected chi connectivity index (χ0v) is 20.2. The van der Waals surface area contributed by atoms with Gasteiger partial charge in [-0.15, -0.1) is 0 Å². The summed E-state index contributed by atoms with van der Waals surface area (Å²) in [5, 5.41) is 7.53. The first-order valence-electron chi connectivity index (χ1n) is 11.1. The maximum atomic E-state index is 13.1. The van der Waals surface area contributed by atoms with Gasteiger partial charge in [0.05, 0.1) is 6.04 Å². The molecule has 1 amide bonds. The molecule has 5 nitrogen and oxygen atoms in total. The molecule has 1 aliphatic carbocycles. The quantitative estimate of drug-likeness (QED) is 0.672. The third kappa shape index (κ3) is 5.74. The van der Waals surface area contributed by atoms with Crippen LogP contribution in [0.4, 0.5) is 0 Å². The fraction of sp³-hybridized carbons (Fsp3) is 0.739. The van der Waals surface area contributed by atoms with Crippen LogP contribution in [0.3, 0.4) is 0 Å². The molecule has 1 aliphatic rings. The average Bonchev–Trinajstić information content (AvgIpc) is 2.98. The van der Waals surface area contributed by atoms with Crippen molar-refractivity contribution in [2.45, 2.75) is 92.3 Å².